The number of piperidine rings is 1. The lowest BCUT2D eigenvalue weighted by Gasteiger charge is -2.42. The Morgan fingerprint density at radius 2 is 2.13 bits per heavy atom. The standard InChI is InChI=1S/C18H36ClN3O/c1-3-22(11-12-23)10-4-5-14(2)21-17-8-9-20-18-13-15(19)6-7-16(17)18/h14-18,20-21,23H,3-13H2,1-2H3/p+2/t14-,15?,16?,17?,18?/m0/s1. The molecule has 2 rings (SSSR count). The van der Waals surface area contributed by atoms with Gasteiger partial charge in [0, 0.05) is 36.2 Å². The van der Waals surface area contributed by atoms with Gasteiger partial charge in [-0.05, 0) is 39.5 Å². The zero-order valence-corrected chi connectivity index (χ0v) is 15.8. The van der Waals surface area contributed by atoms with Crippen molar-refractivity contribution >= 4 is 11.6 Å². The van der Waals surface area contributed by atoms with Gasteiger partial charge < -0.3 is 20.6 Å². The van der Waals surface area contributed by atoms with E-state index >= 15 is 0 Å². The van der Waals surface area contributed by atoms with E-state index in [1.165, 1.54) is 56.5 Å². The Kier molecular flexibility index (Phi) is 8.62. The predicted octanol–water partition coefficient (Wildman–Crippen LogP) is -0.246. The second-order valence-electron chi connectivity index (χ2n) is 7.69. The smallest absolute Gasteiger partial charge is 0.101 e. The van der Waals surface area contributed by atoms with Crippen LogP contribution < -0.4 is 15.5 Å². The molecule has 1 aliphatic heterocycles. The zero-order valence-electron chi connectivity index (χ0n) is 15.1. The van der Waals surface area contributed by atoms with Crippen LogP contribution in [0.4, 0.5) is 0 Å². The number of alkyl halides is 1. The summed E-state index contributed by atoms with van der Waals surface area (Å²) >= 11 is 6.37. The maximum absolute atomic E-state index is 9.08. The van der Waals surface area contributed by atoms with Crippen LogP contribution >= 0.6 is 11.6 Å². The van der Waals surface area contributed by atoms with Crippen LogP contribution in [0.1, 0.15) is 52.4 Å². The molecule has 1 saturated carbocycles. The van der Waals surface area contributed by atoms with Gasteiger partial charge in [0.05, 0.1) is 32.3 Å². The van der Waals surface area contributed by atoms with E-state index in [1.807, 2.05) is 0 Å². The first kappa shape index (κ1) is 19.5. The van der Waals surface area contributed by atoms with Crippen molar-refractivity contribution in [1.29, 1.82) is 0 Å². The highest BCUT2D eigenvalue weighted by Crippen LogP contribution is 2.31. The fourth-order valence-electron chi connectivity index (χ4n) is 4.60. The third-order valence-electron chi connectivity index (χ3n) is 5.99. The van der Waals surface area contributed by atoms with Gasteiger partial charge in [-0.15, -0.1) is 11.6 Å². The van der Waals surface area contributed by atoms with Gasteiger partial charge in [-0.3, -0.25) is 0 Å². The minimum atomic E-state index is 0.306. The summed E-state index contributed by atoms with van der Waals surface area (Å²) in [6.45, 7) is 9.29. The van der Waals surface area contributed by atoms with Crippen molar-refractivity contribution in [2.45, 2.75) is 75.9 Å². The van der Waals surface area contributed by atoms with E-state index in [0.717, 1.165) is 25.0 Å². The molecule has 1 aliphatic carbocycles. The van der Waals surface area contributed by atoms with Crippen LogP contribution in [0.25, 0.3) is 0 Å². The number of halogens is 1. The summed E-state index contributed by atoms with van der Waals surface area (Å²) in [4.78, 5) is 1.52. The van der Waals surface area contributed by atoms with Crippen LogP contribution in [0.5, 0.6) is 0 Å². The summed E-state index contributed by atoms with van der Waals surface area (Å²) in [5, 5.41) is 16.0. The van der Waals surface area contributed by atoms with Gasteiger partial charge in [0.25, 0.3) is 0 Å². The van der Waals surface area contributed by atoms with Crippen LogP contribution in [-0.2, 0) is 0 Å². The summed E-state index contributed by atoms with van der Waals surface area (Å²) in [5.74, 6) is 0.813. The number of fused-ring (bicyclic) bond motifs is 1. The Morgan fingerprint density at radius 3 is 2.87 bits per heavy atom. The molecule has 2 fully saturated rings. The normalized spacial score (nSPS) is 33.9. The van der Waals surface area contributed by atoms with Gasteiger partial charge in [-0.2, -0.15) is 0 Å². The van der Waals surface area contributed by atoms with Gasteiger partial charge in [0.15, 0.2) is 0 Å². The van der Waals surface area contributed by atoms with Gasteiger partial charge in [-0.25, -0.2) is 0 Å². The SMILES string of the molecule is CC[NH+](CCO)CCC[C@H](C)NC1CC[NH2+]C2CC(Cl)CCC12. The number of aliphatic hydroxyl groups is 1. The Bertz CT molecular complexity index is 331. The number of quaternary nitrogens is 2. The molecule has 0 aromatic heterocycles. The maximum atomic E-state index is 9.08. The number of likely N-dealkylation sites (N-methyl/N-ethyl adjacent to an activating group) is 1. The largest absolute Gasteiger partial charge is 0.391 e. The van der Waals surface area contributed by atoms with Crippen molar-refractivity contribution in [3.8, 4) is 0 Å². The fourth-order valence-corrected chi connectivity index (χ4v) is 4.93. The van der Waals surface area contributed by atoms with E-state index in [-0.39, 0.29) is 0 Å². The van der Waals surface area contributed by atoms with Crippen LogP contribution in [-0.4, -0.2) is 61.4 Å². The lowest BCUT2D eigenvalue weighted by Crippen LogP contribution is -3.12. The van der Waals surface area contributed by atoms with Gasteiger partial charge >= 0.3 is 0 Å². The van der Waals surface area contributed by atoms with Gasteiger partial charge in [0.2, 0.25) is 0 Å². The number of nitrogens with two attached hydrogens (primary N) is 1. The van der Waals surface area contributed by atoms with Gasteiger partial charge in [0.1, 0.15) is 6.54 Å². The topological polar surface area (TPSA) is 53.3 Å². The quantitative estimate of drug-likeness (QED) is 0.435. The molecule has 0 aromatic rings. The summed E-state index contributed by atoms with van der Waals surface area (Å²) in [6, 6.07) is 2.03. The number of rotatable bonds is 9. The van der Waals surface area contributed by atoms with Crippen molar-refractivity contribution in [3.05, 3.63) is 0 Å². The molecule has 0 aromatic carbocycles. The Balaban J connectivity index is 1.70. The molecule has 23 heavy (non-hydrogen) atoms. The summed E-state index contributed by atoms with van der Waals surface area (Å²) in [7, 11) is 0. The number of hydrogen-bond acceptors (Lipinski definition) is 2. The van der Waals surface area contributed by atoms with Gasteiger partial charge in [-0.1, -0.05) is 0 Å². The molecule has 5 unspecified atom stereocenters. The molecular weight excluding hydrogens is 310 g/mol. The lowest BCUT2D eigenvalue weighted by atomic mass is 9.76. The highest BCUT2D eigenvalue weighted by atomic mass is 35.5. The lowest BCUT2D eigenvalue weighted by molar-refractivity contribution is -0.898. The number of aliphatic hydroxyl groups excluding tert-OH is 1. The average Bonchev–Trinajstić information content (AvgIpc) is 2.54. The maximum Gasteiger partial charge on any atom is 0.101 e. The fraction of sp³-hybridized carbons (Fsp3) is 1.00. The summed E-state index contributed by atoms with van der Waals surface area (Å²) in [6.07, 6.45) is 7.46. The molecule has 4 nitrogen and oxygen atoms in total. The second kappa shape index (κ2) is 10.2. The van der Waals surface area contributed by atoms with E-state index < -0.39 is 0 Å². The highest BCUT2D eigenvalue weighted by Gasteiger charge is 2.40. The molecule has 2 aliphatic rings. The van der Waals surface area contributed by atoms with E-state index in [2.05, 4.69) is 24.5 Å². The predicted molar refractivity (Wildman–Crippen MR) is 96.1 cm³/mol. The summed E-state index contributed by atoms with van der Waals surface area (Å²) in [5.41, 5.74) is 0. The average molecular weight is 348 g/mol. The van der Waals surface area contributed by atoms with E-state index in [0.29, 0.717) is 24.1 Å². The first-order valence-corrected chi connectivity index (χ1v) is 10.3. The zero-order chi connectivity index (χ0) is 16.7. The molecule has 5 N–H and O–H groups in total. The Labute approximate surface area is 147 Å². The molecule has 0 amide bonds. The third kappa shape index (κ3) is 6.17. The molecular formula is C18H38ClN3O+2. The van der Waals surface area contributed by atoms with Crippen molar-refractivity contribution < 1.29 is 15.3 Å². The molecule has 1 heterocycles. The Morgan fingerprint density at radius 1 is 1.30 bits per heavy atom. The van der Waals surface area contributed by atoms with E-state index in [4.69, 9.17) is 16.7 Å². The minimum Gasteiger partial charge on any atom is -0.391 e. The van der Waals surface area contributed by atoms with Crippen molar-refractivity contribution in [3.63, 3.8) is 0 Å². The van der Waals surface area contributed by atoms with Crippen molar-refractivity contribution in [2.24, 2.45) is 5.92 Å². The van der Waals surface area contributed by atoms with Crippen molar-refractivity contribution in [1.82, 2.24) is 5.32 Å². The molecule has 5 heteroatoms. The van der Waals surface area contributed by atoms with E-state index in [1.54, 1.807) is 0 Å². The van der Waals surface area contributed by atoms with E-state index in [9.17, 15) is 0 Å². The van der Waals surface area contributed by atoms with Crippen LogP contribution in [0, 0.1) is 5.92 Å². The molecule has 0 spiro atoms. The second-order valence-corrected chi connectivity index (χ2v) is 8.31. The molecule has 1 saturated heterocycles. The monoisotopic (exact) mass is 347 g/mol. The molecule has 0 bridgehead atoms. The first-order valence-electron chi connectivity index (χ1n) is 9.81. The van der Waals surface area contributed by atoms with Crippen LogP contribution in [0.15, 0.2) is 0 Å². The van der Waals surface area contributed by atoms with Crippen LogP contribution in [0.2, 0.25) is 0 Å². The highest BCUT2D eigenvalue weighted by molar-refractivity contribution is 6.20. The Hall–Kier alpha value is 0.130. The first-order chi connectivity index (χ1) is 11.1. The summed E-state index contributed by atoms with van der Waals surface area (Å²) < 4.78 is 0. The van der Waals surface area contributed by atoms with Crippen molar-refractivity contribution in [2.75, 3.05) is 32.8 Å². The molecule has 136 valence electrons. The molecule has 6 atom stereocenters. The number of nitrogens with one attached hydrogen (secondary N) is 2. The molecule has 0 radical (unpaired) electrons. The third-order valence-corrected chi connectivity index (χ3v) is 6.38. The number of hydrogen-bond donors (Lipinski definition) is 4. The van der Waals surface area contributed by atoms with Crippen LogP contribution in [0.3, 0.4) is 0 Å². The minimum absolute atomic E-state index is 0.306.